The Morgan fingerprint density at radius 2 is 1.71 bits per heavy atom. The molecule has 0 saturated heterocycles. The van der Waals surface area contributed by atoms with Crippen molar-refractivity contribution in [1.29, 1.82) is 0 Å². The van der Waals surface area contributed by atoms with Crippen molar-refractivity contribution < 1.29 is 13.5 Å². The molecule has 0 fully saturated rings. The number of hydrogen-bond donors (Lipinski definition) is 2. The van der Waals surface area contributed by atoms with Gasteiger partial charge in [0.1, 0.15) is 0 Å². The van der Waals surface area contributed by atoms with Crippen LogP contribution in [0.25, 0.3) is 11.3 Å². The van der Waals surface area contributed by atoms with E-state index < -0.39 is 9.84 Å². The monoisotopic (exact) mass is 342 g/mol. The van der Waals surface area contributed by atoms with Gasteiger partial charge in [0.25, 0.3) is 0 Å². The van der Waals surface area contributed by atoms with Crippen molar-refractivity contribution in [2.24, 2.45) is 0 Å². The second kappa shape index (κ2) is 6.59. The Bertz CT molecular complexity index is 930. The number of aromatic amines is 1. The molecule has 1 heterocycles. The number of rotatable bonds is 5. The summed E-state index contributed by atoms with van der Waals surface area (Å²) in [5.74, 6) is 0. The largest absolute Gasteiger partial charge is 0.390 e. The average molecular weight is 342 g/mol. The quantitative estimate of drug-likeness (QED) is 0.746. The molecule has 0 unspecified atom stereocenters. The number of sulfone groups is 1. The Balaban J connectivity index is 2.01. The normalized spacial score (nSPS) is 11.6. The zero-order chi connectivity index (χ0) is 17.2. The van der Waals surface area contributed by atoms with E-state index in [9.17, 15) is 13.5 Å². The van der Waals surface area contributed by atoms with Gasteiger partial charge in [-0.25, -0.2) is 8.42 Å². The highest BCUT2D eigenvalue weighted by Gasteiger charge is 2.16. The van der Waals surface area contributed by atoms with E-state index in [4.69, 9.17) is 0 Å². The summed E-state index contributed by atoms with van der Waals surface area (Å²) in [6, 6.07) is 16.5. The lowest BCUT2D eigenvalue weighted by molar-refractivity contribution is 0.275. The topological polar surface area (TPSA) is 83.0 Å². The van der Waals surface area contributed by atoms with Gasteiger partial charge in [0.05, 0.1) is 22.9 Å². The predicted octanol–water partition coefficient (Wildman–Crippen LogP) is 2.56. The lowest BCUT2D eigenvalue weighted by atomic mass is 9.99. The molecule has 2 aromatic carbocycles. The molecular weight excluding hydrogens is 324 g/mol. The molecule has 2 N–H and O–H groups in total. The van der Waals surface area contributed by atoms with Crippen molar-refractivity contribution in [1.82, 2.24) is 10.2 Å². The second-order valence-electron chi connectivity index (χ2n) is 5.65. The SMILES string of the molecule is CS(=O)(=O)c1ccc(-c2n[nH]c(CO)c2Cc2ccccc2)cc1. The van der Waals surface area contributed by atoms with Crippen molar-refractivity contribution in [2.45, 2.75) is 17.9 Å². The van der Waals surface area contributed by atoms with Crippen molar-refractivity contribution in [3.05, 3.63) is 71.4 Å². The van der Waals surface area contributed by atoms with Gasteiger partial charge < -0.3 is 5.11 Å². The van der Waals surface area contributed by atoms with Crippen LogP contribution in [0.3, 0.4) is 0 Å². The van der Waals surface area contributed by atoms with Crippen molar-refractivity contribution in [3.63, 3.8) is 0 Å². The summed E-state index contributed by atoms with van der Waals surface area (Å²) < 4.78 is 23.2. The van der Waals surface area contributed by atoms with Crippen molar-refractivity contribution in [2.75, 3.05) is 6.26 Å². The highest BCUT2D eigenvalue weighted by Crippen LogP contribution is 2.27. The Morgan fingerprint density at radius 3 is 2.29 bits per heavy atom. The number of aliphatic hydroxyl groups excluding tert-OH is 1. The van der Waals surface area contributed by atoms with Gasteiger partial charge >= 0.3 is 0 Å². The first kappa shape index (κ1) is 16.4. The van der Waals surface area contributed by atoms with E-state index in [1.807, 2.05) is 30.3 Å². The highest BCUT2D eigenvalue weighted by molar-refractivity contribution is 7.90. The zero-order valence-electron chi connectivity index (χ0n) is 13.2. The van der Waals surface area contributed by atoms with E-state index >= 15 is 0 Å². The van der Waals surface area contributed by atoms with Crippen LogP contribution in [-0.2, 0) is 22.9 Å². The number of benzene rings is 2. The molecule has 1 aromatic heterocycles. The third-order valence-electron chi connectivity index (χ3n) is 3.89. The van der Waals surface area contributed by atoms with Gasteiger partial charge in [0.2, 0.25) is 0 Å². The first-order valence-corrected chi connectivity index (χ1v) is 9.39. The van der Waals surface area contributed by atoms with Gasteiger partial charge in [0, 0.05) is 23.8 Å². The maximum absolute atomic E-state index is 11.6. The summed E-state index contributed by atoms with van der Waals surface area (Å²) >= 11 is 0. The number of hydrogen-bond acceptors (Lipinski definition) is 4. The van der Waals surface area contributed by atoms with Crippen LogP contribution in [-0.4, -0.2) is 30.0 Å². The van der Waals surface area contributed by atoms with Crippen LogP contribution < -0.4 is 0 Å². The lowest BCUT2D eigenvalue weighted by Crippen LogP contribution is -1.97. The summed E-state index contributed by atoms with van der Waals surface area (Å²) in [4.78, 5) is 0.272. The zero-order valence-corrected chi connectivity index (χ0v) is 14.0. The van der Waals surface area contributed by atoms with Gasteiger partial charge in [-0.05, 0) is 17.7 Å². The smallest absolute Gasteiger partial charge is 0.175 e. The van der Waals surface area contributed by atoms with Crippen LogP contribution in [0.1, 0.15) is 16.8 Å². The number of nitrogens with zero attached hydrogens (tertiary/aromatic N) is 1. The first-order valence-electron chi connectivity index (χ1n) is 7.50. The molecule has 24 heavy (non-hydrogen) atoms. The third-order valence-corrected chi connectivity index (χ3v) is 5.02. The molecule has 5 nitrogen and oxygen atoms in total. The van der Waals surface area contributed by atoms with E-state index in [0.717, 1.165) is 22.4 Å². The van der Waals surface area contributed by atoms with Gasteiger partial charge in [-0.2, -0.15) is 5.10 Å². The standard InChI is InChI=1S/C18H18N2O3S/c1-24(22,23)15-9-7-14(8-10-15)18-16(17(12-21)19-20-18)11-13-5-3-2-4-6-13/h2-10,21H,11-12H2,1H3,(H,19,20). The molecule has 0 atom stereocenters. The fourth-order valence-electron chi connectivity index (χ4n) is 2.62. The van der Waals surface area contributed by atoms with E-state index in [1.165, 1.54) is 6.26 Å². The summed E-state index contributed by atoms with van der Waals surface area (Å²) in [5.41, 5.74) is 4.23. The van der Waals surface area contributed by atoms with E-state index in [0.29, 0.717) is 12.1 Å². The molecule has 0 amide bonds. The Morgan fingerprint density at radius 1 is 1.04 bits per heavy atom. The van der Waals surface area contributed by atoms with Crippen LogP contribution in [0, 0.1) is 0 Å². The van der Waals surface area contributed by atoms with Crippen molar-refractivity contribution in [3.8, 4) is 11.3 Å². The summed E-state index contributed by atoms with van der Waals surface area (Å²) in [6.45, 7) is -0.128. The molecule has 6 heteroatoms. The first-order chi connectivity index (χ1) is 11.5. The molecule has 0 saturated carbocycles. The molecule has 0 aliphatic rings. The maximum Gasteiger partial charge on any atom is 0.175 e. The fourth-order valence-corrected chi connectivity index (χ4v) is 3.25. The second-order valence-corrected chi connectivity index (χ2v) is 7.66. The van der Waals surface area contributed by atoms with Crippen LogP contribution in [0.15, 0.2) is 59.5 Å². The highest BCUT2D eigenvalue weighted by atomic mass is 32.2. The van der Waals surface area contributed by atoms with Gasteiger partial charge in [0.15, 0.2) is 9.84 Å². The molecular formula is C18H18N2O3S. The Kier molecular flexibility index (Phi) is 4.51. The summed E-state index contributed by atoms with van der Waals surface area (Å²) in [6.07, 6.45) is 1.82. The molecule has 0 spiro atoms. The Labute approximate surface area is 140 Å². The molecule has 0 radical (unpaired) electrons. The molecule has 3 aromatic rings. The molecule has 0 aliphatic carbocycles. The maximum atomic E-state index is 11.6. The molecule has 0 aliphatic heterocycles. The minimum atomic E-state index is -3.23. The molecule has 3 rings (SSSR count). The van der Waals surface area contributed by atoms with Gasteiger partial charge in [-0.1, -0.05) is 42.5 Å². The fraction of sp³-hybridized carbons (Fsp3) is 0.167. The van der Waals surface area contributed by atoms with Crippen LogP contribution in [0.5, 0.6) is 0 Å². The number of aliphatic hydroxyl groups is 1. The van der Waals surface area contributed by atoms with Crippen LogP contribution in [0.4, 0.5) is 0 Å². The summed E-state index contributed by atoms with van der Waals surface area (Å²) in [7, 11) is -3.23. The average Bonchev–Trinajstić information content (AvgIpc) is 2.98. The number of aromatic nitrogens is 2. The predicted molar refractivity (Wildman–Crippen MR) is 92.3 cm³/mol. The Hall–Kier alpha value is -2.44. The van der Waals surface area contributed by atoms with E-state index in [2.05, 4.69) is 10.2 Å². The van der Waals surface area contributed by atoms with Crippen molar-refractivity contribution >= 4 is 9.84 Å². The third kappa shape index (κ3) is 3.39. The van der Waals surface area contributed by atoms with Crippen LogP contribution >= 0.6 is 0 Å². The minimum Gasteiger partial charge on any atom is -0.390 e. The molecule has 0 bridgehead atoms. The van der Waals surface area contributed by atoms with Gasteiger partial charge in [-0.3, -0.25) is 5.10 Å². The summed E-state index contributed by atoms with van der Waals surface area (Å²) in [5, 5.41) is 16.7. The number of nitrogens with one attached hydrogen (secondary N) is 1. The lowest BCUT2D eigenvalue weighted by Gasteiger charge is -2.06. The minimum absolute atomic E-state index is 0.128. The van der Waals surface area contributed by atoms with E-state index in [1.54, 1.807) is 24.3 Å². The van der Waals surface area contributed by atoms with Crippen LogP contribution in [0.2, 0.25) is 0 Å². The van der Waals surface area contributed by atoms with Gasteiger partial charge in [-0.15, -0.1) is 0 Å². The molecule has 124 valence electrons. The van der Waals surface area contributed by atoms with E-state index in [-0.39, 0.29) is 11.5 Å². The number of H-pyrrole nitrogens is 1.